The van der Waals surface area contributed by atoms with Crippen LogP contribution in [0, 0.1) is 6.92 Å². The number of benzene rings is 2. The second kappa shape index (κ2) is 10.8. The summed E-state index contributed by atoms with van der Waals surface area (Å²) < 4.78 is 1.81. The van der Waals surface area contributed by atoms with Gasteiger partial charge in [-0.2, -0.15) is 0 Å². The topological polar surface area (TPSA) is 88.9 Å². The molecule has 0 atom stereocenters. The van der Waals surface area contributed by atoms with Gasteiger partial charge in [0.1, 0.15) is 0 Å². The summed E-state index contributed by atoms with van der Waals surface area (Å²) in [6.45, 7) is 6.39. The standard InChI is InChI=1S/C22H22ClN5O2S/c1-3-11-28-19(13-24-21(30)16-5-4-6-17(23)12-16)26-27-22(28)31-14-20(29)25-18-9-7-15(2)8-10-18/h3-10,12H,1,11,13-14H2,2H3,(H,24,30)(H,25,29). The summed E-state index contributed by atoms with van der Waals surface area (Å²) in [5, 5.41) is 15.1. The van der Waals surface area contributed by atoms with E-state index in [9.17, 15) is 9.59 Å². The van der Waals surface area contributed by atoms with Gasteiger partial charge in [0.15, 0.2) is 11.0 Å². The maximum atomic E-state index is 12.4. The Morgan fingerprint density at radius 1 is 1.19 bits per heavy atom. The molecule has 2 amide bonds. The van der Waals surface area contributed by atoms with E-state index in [1.54, 1.807) is 30.3 Å². The highest BCUT2D eigenvalue weighted by molar-refractivity contribution is 7.99. The van der Waals surface area contributed by atoms with Gasteiger partial charge in [-0.25, -0.2) is 0 Å². The van der Waals surface area contributed by atoms with Crippen molar-refractivity contribution in [2.75, 3.05) is 11.1 Å². The molecule has 0 radical (unpaired) electrons. The first kappa shape index (κ1) is 22.6. The number of carbonyl (C=O) groups is 2. The van der Waals surface area contributed by atoms with E-state index in [1.165, 1.54) is 11.8 Å². The number of hydrogen-bond donors (Lipinski definition) is 2. The molecule has 0 saturated heterocycles. The molecule has 0 saturated carbocycles. The molecule has 3 aromatic rings. The Bertz CT molecular complexity index is 1080. The van der Waals surface area contributed by atoms with Crippen molar-refractivity contribution < 1.29 is 9.59 Å². The van der Waals surface area contributed by atoms with Crippen LogP contribution < -0.4 is 10.6 Å². The molecule has 0 unspecified atom stereocenters. The number of hydrogen-bond acceptors (Lipinski definition) is 5. The number of aryl methyl sites for hydroxylation is 1. The smallest absolute Gasteiger partial charge is 0.251 e. The predicted octanol–water partition coefficient (Wildman–Crippen LogP) is 4.09. The van der Waals surface area contributed by atoms with Crippen molar-refractivity contribution in [2.24, 2.45) is 0 Å². The lowest BCUT2D eigenvalue weighted by Gasteiger charge is -2.09. The van der Waals surface area contributed by atoms with Crippen LogP contribution in [0.1, 0.15) is 21.7 Å². The minimum Gasteiger partial charge on any atom is -0.345 e. The van der Waals surface area contributed by atoms with Gasteiger partial charge in [-0.3, -0.25) is 9.59 Å². The van der Waals surface area contributed by atoms with Gasteiger partial charge in [0.2, 0.25) is 5.91 Å². The lowest BCUT2D eigenvalue weighted by Crippen LogP contribution is -2.24. The molecule has 0 aliphatic heterocycles. The second-order valence-electron chi connectivity index (χ2n) is 6.69. The largest absolute Gasteiger partial charge is 0.345 e. The maximum absolute atomic E-state index is 12.4. The van der Waals surface area contributed by atoms with Crippen molar-refractivity contribution in [3.8, 4) is 0 Å². The van der Waals surface area contributed by atoms with E-state index >= 15 is 0 Å². The van der Waals surface area contributed by atoms with Crippen LogP contribution in [0.2, 0.25) is 5.02 Å². The molecule has 9 heteroatoms. The Hall–Kier alpha value is -3.10. The number of aromatic nitrogens is 3. The van der Waals surface area contributed by atoms with Gasteiger partial charge in [-0.1, -0.05) is 53.2 Å². The number of halogens is 1. The number of anilines is 1. The van der Waals surface area contributed by atoms with E-state index in [0.717, 1.165) is 11.3 Å². The maximum Gasteiger partial charge on any atom is 0.251 e. The summed E-state index contributed by atoms with van der Waals surface area (Å²) in [5.41, 5.74) is 2.33. The zero-order chi connectivity index (χ0) is 22.2. The van der Waals surface area contributed by atoms with Crippen LogP contribution in [-0.2, 0) is 17.9 Å². The van der Waals surface area contributed by atoms with Crippen molar-refractivity contribution >= 4 is 40.9 Å². The molecule has 31 heavy (non-hydrogen) atoms. The Morgan fingerprint density at radius 3 is 2.68 bits per heavy atom. The number of rotatable bonds is 9. The van der Waals surface area contributed by atoms with E-state index in [-0.39, 0.29) is 24.1 Å². The number of amides is 2. The van der Waals surface area contributed by atoms with Crippen LogP contribution in [0.3, 0.4) is 0 Å². The fraction of sp³-hybridized carbons (Fsp3) is 0.182. The molecule has 0 aliphatic rings. The van der Waals surface area contributed by atoms with Gasteiger partial charge in [0, 0.05) is 22.8 Å². The Kier molecular flexibility index (Phi) is 7.86. The molecule has 1 heterocycles. The molecule has 0 fully saturated rings. The lowest BCUT2D eigenvalue weighted by molar-refractivity contribution is -0.113. The van der Waals surface area contributed by atoms with Crippen molar-refractivity contribution in [3.05, 3.63) is 83.2 Å². The third-order valence-electron chi connectivity index (χ3n) is 4.27. The van der Waals surface area contributed by atoms with E-state index < -0.39 is 0 Å². The third-order valence-corrected chi connectivity index (χ3v) is 5.47. The van der Waals surface area contributed by atoms with Crippen molar-refractivity contribution in [1.29, 1.82) is 0 Å². The molecule has 2 N–H and O–H groups in total. The van der Waals surface area contributed by atoms with E-state index in [1.807, 2.05) is 35.8 Å². The van der Waals surface area contributed by atoms with E-state index in [0.29, 0.717) is 28.1 Å². The summed E-state index contributed by atoms with van der Waals surface area (Å²) in [4.78, 5) is 24.6. The number of allylic oxidation sites excluding steroid dienone is 1. The number of nitrogens with one attached hydrogen (secondary N) is 2. The highest BCUT2D eigenvalue weighted by Crippen LogP contribution is 2.18. The normalized spacial score (nSPS) is 10.5. The molecule has 160 valence electrons. The Labute approximate surface area is 189 Å². The van der Waals surface area contributed by atoms with Crippen molar-refractivity contribution in [1.82, 2.24) is 20.1 Å². The molecular formula is C22H22ClN5O2S. The first-order valence-electron chi connectivity index (χ1n) is 9.52. The Balaban J connectivity index is 1.60. The quantitative estimate of drug-likeness (QED) is 0.375. The molecule has 0 bridgehead atoms. The van der Waals surface area contributed by atoms with Crippen LogP contribution in [0.15, 0.2) is 66.3 Å². The minimum atomic E-state index is -0.262. The third kappa shape index (κ3) is 6.44. The average molecular weight is 456 g/mol. The fourth-order valence-corrected chi connectivity index (χ4v) is 3.68. The first-order valence-corrected chi connectivity index (χ1v) is 10.9. The minimum absolute atomic E-state index is 0.141. The van der Waals surface area contributed by atoms with E-state index in [4.69, 9.17) is 11.6 Å². The van der Waals surface area contributed by atoms with Gasteiger partial charge < -0.3 is 15.2 Å². The number of thioether (sulfide) groups is 1. The van der Waals surface area contributed by atoms with Gasteiger partial charge in [-0.05, 0) is 37.3 Å². The zero-order valence-corrected chi connectivity index (χ0v) is 18.5. The molecule has 1 aromatic heterocycles. The van der Waals surface area contributed by atoms with Crippen LogP contribution in [0.25, 0.3) is 0 Å². The number of nitrogens with zero attached hydrogens (tertiary/aromatic N) is 3. The summed E-state index contributed by atoms with van der Waals surface area (Å²) in [6.07, 6.45) is 1.71. The van der Waals surface area contributed by atoms with Crippen LogP contribution in [0.4, 0.5) is 5.69 Å². The number of carbonyl (C=O) groups excluding carboxylic acids is 2. The van der Waals surface area contributed by atoms with Gasteiger partial charge in [0.05, 0.1) is 12.3 Å². The second-order valence-corrected chi connectivity index (χ2v) is 8.07. The zero-order valence-electron chi connectivity index (χ0n) is 17.0. The Morgan fingerprint density at radius 2 is 1.97 bits per heavy atom. The SMILES string of the molecule is C=CCn1c(CNC(=O)c2cccc(Cl)c2)nnc1SCC(=O)Nc1ccc(C)cc1. The molecule has 2 aromatic carbocycles. The van der Waals surface area contributed by atoms with E-state index in [2.05, 4.69) is 27.4 Å². The summed E-state index contributed by atoms with van der Waals surface area (Å²) in [7, 11) is 0. The molecule has 0 aliphatic carbocycles. The molecule has 7 nitrogen and oxygen atoms in total. The summed E-state index contributed by atoms with van der Waals surface area (Å²) in [6, 6.07) is 14.3. The molecular weight excluding hydrogens is 434 g/mol. The fourth-order valence-electron chi connectivity index (χ4n) is 2.72. The van der Waals surface area contributed by atoms with Crippen molar-refractivity contribution in [2.45, 2.75) is 25.2 Å². The van der Waals surface area contributed by atoms with Gasteiger partial charge >= 0.3 is 0 Å². The lowest BCUT2D eigenvalue weighted by atomic mass is 10.2. The summed E-state index contributed by atoms with van der Waals surface area (Å²) in [5.74, 6) is 0.342. The van der Waals surface area contributed by atoms with Crippen LogP contribution in [0.5, 0.6) is 0 Å². The van der Waals surface area contributed by atoms with Gasteiger partial charge in [0.25, 0.3) is 5.91 Å². The van der Waals surface area contributed by atoms with Gasteiger partial charge in [-0.15, -0.1) is 16.8 Å². The monoisotopic (exact) mass is 455 g/mol. The van der Waals surface area contributed by atoms with Crippen LogP contribution in [-0.4, -0.2) is 32.3 Å². The molecule has 0 spiro atoms. The van der Waals surface area contributed by atoms with Crippen LogP contribution >= 0.6 is 23.4 Å². The predicted molar refractivity (Wildman–Crippen MR) is 123 cm³/mol. The van der Waals surface area contributed by atoms with Crippen molar-refractivity contribution in [3.63, 3.8) is 0 Å². The first-order chi connectivity index (χ1) is 15.0. The average Bonchev–Trinajstić information content (AvgIpc) is 3.14. The highest BCUT2D eigenvalue weighted by Gasteiger charge is 2.15. The molecule has 3 rings (SSSR count). The highest BCUT2D eigenvalue weighted by atomic mass is 35.5. The summed E-state index contributed by atoms with van der Waals surface area (Å²) >= 11 is 7.21.